The maximum Gasteiger partial charge on any atom is 0.416 e. The standard InChI is InChI=1S/C16H18F3NO5/c17-16(18,19)11-3-1-2-10(6-11)7-14(21)20-12-4-5-24-8-13(12)25-9-15(22)23/h1-3,6,12-13H,4-5,7-9H2,(H,20,21)(H,22,23)/t12-,13-/m1/s1. The highest BCUT2D eigenvalue weighted by Crippen LogP contribution is 2.29. The molecule has 1 aromatic rings. The van der Waals surface area contributed by atoms with Gasteiger partial charge in [0, 0.05) is 6.61 Å². The van der Waals surface area contributed by atoms with Crippen molar-refractivity contribution in [3.63, 3.8) is 0 Å². The van der Waals surface area contributed by atoms with Crippen LogP contribution in [0.1, 0.15) is 17.5 Å². The zero-order valence-corrected chi connectivity index (χ0v) is 13.2. The fourth-order valence-corrected chi connectivity index (χ4v) is 2.52. The summed E-state index contributed by atoms with van der Waals surface area (Å²) in [4.78, 5) is 22.7. The predicted molar refractivity (Wildman–Crippen MR) is 79.9 cm³/mol. The molecular weight excluding hydrogens is 343 g/mol. The van der Waals surface area contributed by atoms with Crippen molar-refractivity contribution in [2.45, 2.75) is 31.2 Å². The highest BCUT2D eigenvalue weighted by Gasteiger charge is 2.31. The first-order valence-corrected chi connectivity index (χ1v) is 7.62. The quantitative estimate of drug-likeness (QED) is 0.804. The van der Waals surface area contributed by atoms with E-state index in [2.05, 4.69) is 5.32 Å². The molecule has 1 amide bonds. The minimum atomic E-state index is -4.47. The van der Waals surface area contributed by atoms with Gasteiger partial charge >= 0.3 is 12.1 Å². The number of alkyl halides is 3. The molecule has 1 aromatic carbocycles. The molecule has 1 heterocycles. The molecule has 9 heteroatoms. The number of hydrogen-bond donors (Lipinski definition) is 2. The van der Waals surface area contributed by atoms with Crippen LogP contribution in [0.3, 0.4) is 0 Å². The lowest BCUT2D eigenvalue weighted by atomic mass is 10.0. The van der Waals surface area contributed by atoms with Crippen LogP contribution < -0.4 is 5.32 Å². The predicted octanol–water partition coefficient (Wildman–Crippen LogP) is 1.62. The Kier molecular flexibility index (Phi) is 6.38. The van der Waals surface area contributed by atoms with Crippen LogP contribution in [0.25, 0.3) is 0 Å². The summed E-state index contributed by atoms with van der Waals surface area (Å²) in [5.41, 5.74) is -0.575. The van der Waals surface area contributed by atoms with E-state index < -0.39 is 42.4 Å². The lowest BCUT2D eigenvalue weighted by molar-refractivity contribution is -0.149. The molecule has 2 rings (SSSR count). The third kappa shape index (κ3) is 6.02. The van der Waals surface area contributed by atoms with Gasteiger partial charge in [-0.15, -0.1) is 0 Å². The van der Waals surface area contributed by atoms with Crippen LogP contribution in [0.4, 0.5) is 13.2 Å². The molecule has 0 bridgehead atoms. The number of ether oxygens (including phenoxy) is 2. The minimum absolute atomic E-state index is 0.141. The Balaban J connectivity index is 1.95. The van der Waals surface area contributed by atoms with E-state index in [0.717, 1.165) is 12.1 Å². The Labute approximate surface area is 141 Å². The van der Waals surface area contributed by atoms with Gasteiger partial charge in [-0.25, -0.2) is 4.79 Å². The number of carbonyl (C=O) groups is 2. The van der Waals surface area contributed by atoms with Crippen molar-refractivity contribution < 1.29 is 37.3 Å². The molecule has 0 unspecified atom stereocenters. The Hall–Kier alpha value is -2.13. The van der Waals surface area contributed by atoms with Gasteiger partial charge in [0.25, 0.3) is 0 Å². The van der Waals surface area contributed by atoms with Crippen molar-refractivity contribution in [3.05, 3.63) is 35.4 Å². The average Bonchev–Trinajstić information content (AvgIpc) is 2.53. The van der Waals surface area contributed by atoms with Crippen LogP contribution in [0, 0.1) is 0 Å². The summed E-state index contributed by atoms with van der Waals surface area (Å²) < 4.78 is 48.5. The molecule has 2 atom stereocenters. The zero-order chi connectivity index (χ0) is 18.4. The van der Waals surface area contributed by atoms with Gasteiger partial charge in [-0.1, -0.05) is 18.2 Å². The number of aliphatic carboxylic acids is 1. The van der Waals surface area contributed by atoms with Gasteiger partial charge in [-0.05, 0) is 18.1 Å². The molecule has 6 nitrogen and oxygen atoms in total. The van der Waals surface area contributed by atoms with Crippen molar-refractivity contribution in [3.8, 4) is 0 Å². The van der Waals surface area contributed by atoms with Crippen molar-refractivity contribution in [1.29, 1.82) is 0 Å². The fraction of sp³-hybridized carbons (Fsp3) is 0.500. The third-order valence-electron chi connectivity index (χ3n) is 3.69. The summed E-state index contributed by atoms with van der Waals surface area (Å²) in [5, 5.41) is 11.3. The number of nitrogens with one attached hydrogen (secondary N) is 1. The molecule has 138 valence electrons. The molecule has 1 aliphatic heterocycles. The molecule has 1 saturated heterocycles. The molecule has 0 aliphatic carbocycles. The summed E-state index contributed by atoms with van der Waals surface area (Å²) in [6.07, 6.45) is -4.87. The number of carbonyl (C=O) groups excluding carboxylic acids is 1. The van der Waals surface area contributed by atoms with E-state index >= 15 is 0 Å². The van der Waals surface area contributed by atoms with Gasteiger partial charge < -0.3 is 19.9 Å². The van der Waals surface area contributed by atoms with Crippen LogP contribution in [-0.4, -0.2) is 48.9 Å². The molecule has 0 spiro atoms. The van der Waals surface area contributed by atoms with Crippen molar-refractivity contribution in [2.24, 2.45) is 0 Å². The van der Waals surface area contributed by atoms with Gasteiger partial charge in [0.1, 0.15) is 12.7 Å². The first-order chi connectivity index (χ1) is 11.8. The zero-order valence-electron chi connectivity index (χ0n) is 13.2. The number of carboxylic acid groups (broad SMARTS) is 1. The molecule has 0 aromatic heterocycles. The number of benzene rings is 1. The van der Waals surface area contributed by atoms with Gasteiger partial charge in [-0.3, -0.25) is 4.79 Å². The van der Waals surface area contributed by atoms with Crippen molar-refractivity contribution in [2.75, 3.05) is 19.8 Å². The number of rotatable bonds is 6. The molecule has 2 N–H and O–H groups in total. The summed E-state index contributed by atoms with van der Waals surface area (Å²) in [6, 6.07) is 4.11. The Morgan fingerprint density at radius 2 is 2.12 bits per heavy atom. The van der Waals surface area contributed by atoms with E-state index in [-0.39, 0.29) is 18.6 Å². The van der Waals surface area contributed by atoms with Gasteiger partial charge in [0.05, 0.1) is 24.6 Å². The SMILES string of the molecule is O=C(O)CO[C@@H]1COCC[C@H]1NC(=O)Cc1cccc(C(F)(F)F)c1. The van der Waals surface area contributed by atoms with E-state index in [4.69, 9.17) is 14.6 Å². The van der Waals surface area contributed by atoms with Crippen molar-refractivity contribution in [1.82, 2.24) is 5.32 Å². The molecule has 1 aliphatic rings. The van der Waals surface area contributed by atoms with Gasteiger partial charge in [0.15, 0.2) is 0 Å². The number of hydrogen-bond acceptors (Lipinski definition) is 4. The molecular formula is C16H18F3NO5. The van der Waals surface area contributed by atoms with Crippen LogP contribution in [0.2, 0.25) is 0 Å². The van der Waals surface area contributed by atoms with E-state index in [1.165, 1.54) is 12.1 Å². The van der Waals surface area contributed by atoms with E-state index in [0.29, 0.717) is 13.0 Å². The lowest BCUT2D eigenvalue weighted by Crippen LogP contribution is -2.50. The first-order valence-electron chi connectivity index (χ1n) is 7.62. The summed E-state index contributed by atoms with van der Waals surface area (Å²) in [6.45, 7) is -0.00273. The maximum atomic E-state index is 12.7. The topological polar surface area (TPSA) is 84.9 Å². The van der Waals surface area contributed by atoms with E-state index in [1.54, 1.807) is 0 Å². The molecule has 25 heavy (non-hydrogen) atoms. The molecule has 0 saturated carbocycles. The lowest BCUT2D eigenvalue weighted by Gasteiger charge is -2.31. The maximum absolute atomic E-state index is 12.7. The Morgan fingerprint density at radius 1 is 1.36 bits per heavy atom. The van der Waals surface area contributed by atoms with Crippen molar-refractivity contribution >= 4 is 11.9 Å². The fourth-order valence-electron chi connectivity index (χ4n) is 2.52. The van der Waals surface area contributed by atoms with E-state index in [9.17, 15) is 22.8 Å². The summed E-state index contributed by atoms with van der Waals surface area (Å²) in [7, 11) is 0. The van der Waals surface area contributed by atoms with Crippen LogP contribution in [0.15, 0.2) is 24.3 Å². The second-order valence-corrected chi connectivity index (χ2v) is 5.66. The number of carboxylic acids is 1. The highest BCUT2D eigenvalue weighted by molar-refractivity contribution is 5.79. The first kappa shape index (κ1) is 19.2. The van der Waals surface area contributed by atoms with E-state index in [1.807, 2.05) is 0 Å². The summed E-state index contributed by atoms with van der Waals surface area (Å²) >= 11 is 0. The summed E-state index contributed by atoms with van der Waals surface area (Å²) in [5.74, 6) is -1.60. The average molecular weight is 361 g/mol. The van der Waals surface area contributed by atoms with Crippen LogP contribution in [0.5, 0.6) is 0 Å². The van der Waals surface area contributed by atoms with Crippen LogP contribution >= 0.6 is 0 Å². The molecule has 1 fully saturated rings. The number of halogens is 3. The second kappa shape index (κ2) is 8.30. The second-order valence-electron chi connectivity index (χ2n) is 5.66. The number of amides is 1. The highest BCUT2D eigenvalue weighted by atomic mass is 19.4. The normalized spacial score (nSPS) is 20.9. The smallest absolute Gasteiger partial charge is 0.416 e. The third-order valence-corrected chi connectivity index (χ3v) is 3.69. The monoisotopic (exact) mass is 361 g/mol. The van der Waals surface area contributed by atoms with Crippen LogP contribution in [-0.2, 0) is 31.7 Å². The minimum Gasteiger partial charge on any atom is -0.480 e. The van der Waals surface area contributed by atoms with Gasteiger partial charge in [0.2, 0.25) is 5.91 Å². The largest absolute Gasteiger partial charge is 0.480 e. The Bertz CT molecular complexity index is 620. The Morgan fingerprint density at radius 3 is 2.80 bits per heavy atom. The van der Waals surface area contributed by atoms with Gasteiger partial charge in [-0.2, -0.15) is 13.2 Å². The molecule has 0 radical (unpaired) electrons.